The monoisotopic (exact) mass is 428 g/mol. The lowest BCUT2D eigenvalue weighted by atomic mass is 9.94. The average Bonchev–Trinajstić information content (AvgIpc) is 2.73. The third kappa shape index (κ3) is 3.73. The zero-order valence-electron chi connectivity index (χ0n) is 17.3. The number of halogens is 2. The first-order chi connectivity index (χ1) is 14.6. The highest BCUT2D eigenvalue weighted by Crippen LogP contribution is 2.34. The summed E-state index contributed by atoms with van der Waals surface area (Å²) in [5.41, 5.74) is 0.217. The van der Waals surface area contributed by atoms with Crippen LogP contribution >= 0.6 is 0 Å². The van der Waals surface area contributed by atoms with Crippen LogP contribution in [0.2, 0.25) is 0 Å². The van der Waals surface area contributed by atoms with Crippen molar-refractivity contribution < 1.29 is 23.4 Å². The van der Waals surface area contributed by atoms with E-state index in [0.29, 0.717) is 22.4 Å². The maximum atomic E-state index is 14.0. The maximum Gasteiger partial charge on any atom is 0.256 e. The fourth-order valence-corrected chi connectivity index (χ4v) is 3.93. The van der Waals surface area contributed by atoms with Crippen molar-refractivity contribution in [3.05, 3.63) is 80.8 Å². The molecule has 1 amide bonds. The molecule has 162 valence electrons. The fourth-order valence-electron chi connectivity index (χ4n) is 3.93. The Labute approximate surface area is 177 Å². The molecule has 8 heteroatoms. The van der Waals surface area contributed by atoms with E-state index in [-0.39, 0.29) is 29.9 Å². The SMILES string of the molecule is CN(C(=O)c1cccc(C(C)(C)O)c1)[C@@H]1COCc2[nH]c(=O)c3cc(F)c(F)cc3c21. The van der Waals surface area contributed by atoms with Crippen molar-refractivity contribution in [1.82, 2.24) is 9.88 Å². The Morgan fingerprint density at radius 1 is 1.19 bits per heavy atom. The van der Waals surface area contributed by atoms with E-state index in [4.69, 9.17) is 4.74 Å². The summed E-state index contributed by atoms with van der Waals surface area (Å²) >= 11 is 0. The molecule has 3 aromatic rings. The molecule has 0 fully saturated rings. The van der Waals surface area contributed by atoms with Gasteiger partial charge in [0.2, 0.25) is 0 Å². The van der Waals surface area contributed by atoms with Gasteiger partial charge in [-0.1, -0.05) is 12.1 Å². The van der Waals surface area contributed by atoms with Crippen LogP contribution in [-0.4, -0.2) is 34.6 Å². The van der Waals surface area contributed by atoms with Crippen molar-refractivity contribution in [2.45, 2.75) is 32.1 Å². The molecule has 4 rings (SSSR count). The number of hydrogen-bond donors (Lipinski definition) is 2. The number of benzene rings is 2. The minimum atomic E-state index is -1.12. The number of nitrogens with zero attached hydrogens (tertiary/aromatic N) is 1. The quantitative estimate of drug-likeness (QED) is 0.670. The number of carbonyl (C=O) groups is 1. The Morgan fingerprint density at radius 2 is 1.87 bits per heavy atom. The first kappa shape index (κ1) is 21.1. The zero-order chi connectivity index (χ0) is 22.5. The summed E-state index contributed by atoms with van der Waals surface area (Å²) in [4.78, 5) is 29.7. The number of ether oxygens (including phenoxy) is 1. The van der Waals surface area contributed by atoms with Crippen LogP contribution in [0.1, 0.15) is 47.1 Å². The fraction of sp³-hybridized carbons (Fsp3) is 0.304. The Kier molecular flexibility index (Phi) is 5.15. The van der Waals surface area contributed by atoms with Gasteiger partial charge in [-0.05, 0) is 49.1 Å². The number of amides is 1. The molecule has 1 atom stereocenters. The van der Waals surface area contributed by atoms with Crippen molar-refractivity contribution >= 4 is 16.7 Å². The summed E-state index contributed by atoms with van der Waals surface area (Å²) < 4.78 is 33.4. The zero-order valence-corrected chi connectivity index (χ0v) is 17.3. The molecule has 0 saturated carbocycles. The minimum Gasteiger partial charge on any atom is -0.386 e. The lowest BCUT2D eigenvalue weighted by Gasteiger charge is -2.34. The van der Waals surface area contributed by atoms with E-state index in [1.54, 1.807) is 45.2 Å². The summed E-state index contributed by atoms with van der Waals surface area (Å²) in [7, 11) is 1.58. The van der Waals surface area contributed by atoms with E-state index >= 15 is 0 Å². The molecule has 2 N–H and O–H groups in total. The van der Waals surface area contributed by atoms with E-state index in [2.05, 4.69) is 4.98 Å². The number of pyridine rings is 1. The van der Waals surface area contributed by atoms with E-state index in [1.165, 1.54) is 4.90 Å². The molecule has 2 aromatic carbocycles. The first-order valence-corrected chi connectivity index (χ1v) is 9.79. The topological polar surface area (TPSA) is 82.6 Å². The highest BCUT2D eigenvalue weighted by Gasteiger charge is 2.32. The van der Waals surface area contributed by atoms with Crippen molar-refractivity contribution in [1.29, 1.82) is 0 Å². The molecule has 0 unspecified atom stereocenters. The van der Waals surface area contributed by atoms with Gasteiger partial charge in [0.1, 0.15) is 0 Å². The molecular weight excluding hydrogens is 406 g/mol. The van der Waals surface area contributed by atoms with Crippen LogP contribution in [0.15, 0.2) is 41.2 Å². The second-order valence-corrected chi connectivity index (χ2v) is 8.25. The minimum absolute atomic E-state index is 0.00873. The molecule has 1 aliphatic rings. The van der Waals surface area contributed by atoms with Gasteiger partial charge in [-0.15, -0.1) is 0 Å². The summed E-state index contributed by atoms with van der Waals surface area (Å²) in [6.07, 6.45) is 0. The number of aromatic nitrogens is 1. The largest absolute Gasteiger partial charge is 0.386 e. The van der Waals surface area contributed by atoms with Gasteiger partial charge in [0, 0.05) is 23.9 Å². The molecule has 2 heterocycles. The van der Waals surface area contributed by atoms with Gasteiger partial charge < -0.3 is 19.7 Å². The van der Waals surface area contributed by atoms with Crippen LogP contribution in [0.5, 0.6) is 0 Å². The Hall–Kier alpha value is -3.10. The van der Waals surface area contributed by atoms with Crippen LogP contribution in [0.25, 0.3) is 10.8 Å². The number of nitrogens with one attached hydrogen (secondary N) is 1. The molecule has 0 bridgehead atoms. The second-order valence-electron chi connectivity index (χ2n) is 8.25. The third-order valence-corrected chi connectivity index (χ3v) is 5.64. The summed E-state index contributed by atoms with van der Waals surface area (Å²) in [6, 6.07) is 7.89. The number of hydrogen-bond acceptors (Lipinski definition) is 4. The van der Waals surface area contributed by atoms with Crippen LogP contribution in [0.3, 0.4) is 0 Å². The van der Waals surface area contributed by atoms with Crippen LogP contribution < -0.4 is 5.56 Å². The average molecular weight is 428 g/mol. The molecular formula is C23H22F2N2O4. The lowest BCUT2D eigenvalue weighted by Crippen LogP contribution is -2.37. The van der Waals surface area contributed by atoms with Crippen molar-refractivity contribution in [3.8, 4) is 0 Å². The first-order valence-electron chi connectivity index (χ1n) is 9.79. The predicted molar refractivity (Wildman–Crippen MR) is 111 cm³/mol. The van der Waals surface area contributed by atoms with E-state index in [1.807, 2.05) is 0 Å². The van der Waals surface area contributed by atoms with Gasteiger partial charge in [-0.3, -0.25) is 9.59 Å². The van der Waals surface area contributed by atoms with Gasteiger partial charge in [0.05, 0.1) is 30.2 Å². The van der Waals surface area contributed by atoms with Crippen LogP contribution in [-0.2, 0) is 16.9 Å². The van der Waals surface area contributed by atoms with E-state index in [9.17, 15) is 23.5 Å². The lowest BCUT2D eigenvalue weighted by molar-refractivity contribution is 0.0335. The summed E-state index contributed by atoms with van der Waals surface area (Å²) in [5.74, 6) is -2.53. The van der Waals surface area contributed by atoms with Gasteiger partial charge in [-0.25, -0.2) is 8.78 Å². The van der Waals surface area contributed by atoms with Crippen molar-refractivity contribution in [2.75, 3.05) is 13.7 Å². The normalized spacial score (nSPS) is 16.3. The molecule has 0 radical (unpaired) electrons. The number of aliphatic hydroxyl groups is 1. The number of rotatable bonds is 3. The Morgan fingerprint density at radius 3 is 2.55 bits per heavy atom. The standard InChI is InChI=1S/C23H22F2N2O4/c1-23(2,30)13-6-4-5-12(7-13)22(29)27(3)19-11-31-10-18-20(19)14-8-16(24)17(25)9-15(14)21(28)26-18/h4-9,19,30H,10-11H2,1-3H3,(H,26,28)/t19-/m1/s1. The molecule has 6 nitrogen and oxygen atoms in total. The third-order valence-electron chi connectivity index (χ3n) is 5.64. The highest BCUT2D eigenvalue weighted by atomic mass is 19.2. The molecule has 31 heavy (non-hydrogen) atoms. The molecule has 0 aliphatic carbocycles. The number of H-pyrrole nitrogens is 1. The van der Waals surface area contributed by atoms with Crippen LogP contribution in [0, 0.1) is 11.6 Å². The smallest absolute Gasteiger partial charge is 0.256 e. The number of aromatic amines is 1. The van der Waals surface area contributed by atoms with Gasteiger partial charge in [0.25, 0.3) is 11.5 Å². The maximum absolute atomic E-state index is 14.0. The van der Waals surface area contributed by atoms with Crippen molar-refractivity contribution in [2.24, 2.45) is 0 Å². The van der Waals surface area contributed by atoms with E-state index < -0.39 is 28.8 Å². The molecule has 0 saturated heterocycles. The van der Waals surface area contributed by atoms with Crippen molar-refractivity contribution in [3.63, 3.8) is 0 Å². The summed E-state index contributed by atoms with van der Waals surface area (Å²) in [5, 5.41) is 10.5. The molecule has 1 aliphatic heterocycles. The Bertz CT molecular complexity index is 1250. The van der Waals surface area contributed by atoms with Crippen LogP contribution in [0.4, 0.5) is 8.78 Å². The highest BCUT2D eigenvalue weighted by molar-refractivity contribution is 5.95. The number of fused-ring (bicyclic) bond motifs is 3. The summed E-state index contributed by atoms with van der Waals surface area (Å²) in [6.45, 7) is 3.47. The molecule has 0 spiro atoms. The van der Waals surface area contributed by atoms with Gasteiger partial charge >= 0.3 is 0 Å². The van der Waals surface area contributed by atoms with E-state index in [0.717, 1.165) is 12.1 Å². The Balaban J connectivity index is 1.81. The second kappa shape index (κ2) is 7.55. The predicted octanol–water partition coefficient (Wildman–Crippen LogP) is 3.38. The molecule has 1 aromatic heterocycles. The van der Waals surface area contributed by atoms with Gasteiger partial charge in [-0.2, -0.15) is 0 Å². The number of likely N-dealkylation sites (N-methyl/N-ethyl adjacent to an activating group) is 1. The number of carbonyl (C=O) groups excluding carboxylic acids is 1. The van der Waals surface area contributed by atoms with Gasteiger partial charge in [0.15, 0.2) is 11.6 Å².